The zero-order valence-corrected chi connectivity index (χ0v) is 24.4. The van der Waals surface area contributed by atoms with E-state index in [1.54, 1.807) is 0 Å². The molecule has 0 unspecified atom stereocenters. The Hall–Kier alpha value is -5.99. The van der Waals surface area contributed by atoms with Crippen LogP contribution in [0.5, 0.6) is 0 Å². The number of nitrogens with zero attached hydrogens (tertiary/aromatic N) is 1. The molecular formula is C43H27NO. The summed E-state index contributed by atoms with van der Waals surface area (Å²) >= 11 is 0. The summed E-state index contributed by atoms with van der Waals surface area (Å²) in [6.07, 6.45) is 0. The average molecular weight is 574 g/mol. The molecule has 7 aromatic carbocycles. The van der Waals surface area contributed by atoms with Crippen LogP contribution in [0.1, 0.15) is 0 Å². The highest BCUT2D eigenvalue weighted by atomic mass is 16.3. The minimum atomic E-state index is 0.914. The van der Waals surface area contributed by atoms with Crippen molar-refractivity contribution in [1.29, 1.82) is 0 Å². The summed E-state index contributed by atoms with van der Waals surface area (Å²) < 4.78 is 6.69. The first-order valence-electron chi connectivity index (χ1n) is 15.3. The maximum atomic E-state index is 6.69. The van der Waals surface area contributed by atoms with Gasteiger partial charge in [-0.1, -0.05) is 133 Å². The molecule has 0 fully saturated rings. The van der Waals surface area contributed by atoms with Gasteiger partial charge in [0.05, 0.1) is 11.4 Å². The summed E-state index contributed by atoms with van der Waals surface area (Å²) in [6.45, 7) is 0. The summed E-state index contributed by atoms with van der Waals surface area (Å²) in [5.41, 5.74) is 10.5. The van der Waals surface area contributed by atoms with Gasteiger partial charge in [-0.2, -0.15) is 0 Å². The topological polar surface area (TPSA) is 26.0 Å². The first-order valence-corrected chi connectivity index (χ1v) is 15.3. The molecule has 0 aliphatic heterocycles. The Bertz CT molecular complexity index is 2450. The third-order valence-electron chi connectivity index (χ3n) is 8.82. The highest BCUT2D eigenvalue weighted by Gasteiger charge is 2.17. The van der Waals surface area contributed by atoms with Gasteiger partial charge in [0.1, 0.15) is 11.2 Å². The van der Waals surface area contributed by atoms with Crippen LogP contribution in [0, 0.1) is 0 Å². The van der Waals surface area contributed by atoms with Gasteiger partial charge in [0.15, 0.2) is 0 Å². The molecular weight excluding hydrogens is 546 g/mol. The fraction of sp³-hybridized carbons (Fsp3) is 0. The van der Waals surface area contributed by atoms with Crippen molar-refractivity contribution in [1.82, 2.24) is 4.98 Å². The van der Waals surface area contributed by atoms with Gasteiger partial charge in [0.2, 0.25) is 0 Å². The Morgan fingerprint density at radius 3 is 1.60 bits per heavy atom. The van der Waals surface area contributed by atoms with Crippen molar-refractivity contribution in [3.63, 3.8) is 0 Å². The Kier molecular flexibility index (Phi) is 5.85. The predicted molar refractivity (Wildman–Crippen MR) is 188 cm³/mol. The van der Waals surface area contributed by atoms with Gasteiger partial charge in [-0.05, 0) is 68.6 Å². The Balaban J connectivity index is 1.21. The Labute approximate surface area is 260 Å². The number of rotatable bonds is 4. The second-order valence-corrected chi connectivity index (χ2v) is 11.6. The molecule has 0 radical (unpaired) electrons. The zero-order valence-electron chi connectivity index (χ0n) is 24.4. The Morgan fingerprint density at radius 2 is 0.933 bits per heavy atom. The second kappa shape index (κ2) is 10.3. The van der Waals surface area contributed by atoms with E-state index in [2.05, 4.69) is 152 Å². The van der Waals surface area contributed by atoms with Crippen molar-refractivity contribution in [3.05, 3.63) is 164 Å². The number of aromatic nitrogens is 1. The number of benzene rings is 7. The number of hydrogen-bond donors (Lipinski definition) is 0. The van der Waals surface area contributed by atoms with Gasteiger partial charge < -0.3 is 4.42 Å². The highest BCUT2D eigenvalue weighted by molar-refractivity contribution is 6.24. The van der Waals surface area contributed by atoms with Crippen LogP contribution in [0.3, 0.4) is 0 Å². The van der Waals surface area contributed by atoms with Crippen molar-refractivity contribution in [2.75, 3.05) is 0 Å². The van der Waals surface area contributed by atoms with Gasteiger partial charge in [-0.3, -0.25) is 0 Å². The number of pyridine rings is 1. The number of fused-ring (bicyclic) bond motifs is 6. The van der Waals surface area contributed by atoms with Crippen LogP contribution >= 0.6 is 0 Å². The van der Waals surface area contributed by atoms with Crippen LogP contribution in [0.25, 0.3) is 88.3 Å². The molecule has 0 N–H and O–H groups in total. The maximum Gasteiger partial charge on any atom is 0.143 e. The molecule has 2 heterocycles. The van der Waals surface area contributed by atoms with E-state index in [-0.39, 0.29) is 0 Å². The summed E-state index contributed by atoms with van der Waals surface area (Å²) in [7, 11) is 0. The van der Waals surface area contributed by atoms with Gasteiger partial charge in [0, 0.05) is 27.5 Å². The summed E-state index contributed by atoms with van der Waals surface area (Å²) in [5.74, 6) is 0. The van der Waals surface area contributed by atoms with Crippen molar-refractivity contribution in [2.45, 2.75) is 0 Å². The van der Waals surface area contributed by atoms with Gasteiger partial charge >= 0.3 is 0 Å². The molecule has 0 saturated carbocycles. The van der Waals surface area contributed by atoms with Crippen molar-refractivity contribution in [2.24, 2.45) is 0 Å². The molecule has 45 heavy (non-hydrogen) atoms. The fourth-order valence-electron chi connectivity index (χ4n) is 6.58. The molecule has 0 atom stereocenters. The third-order valence-corrected chi connectivity index (χ3v) is 8.82. The summed E-state index contributed by atoms with van der Waals surface area (Å²) in [6, 6.07) is 57.8. The SMILES string of the molecule is c1ccc(-c2cc(-c3ccc(-c4cc5ccccc5c5c4oc4cc6ccccc6cc45)cc3)cc(-c3ccccc3)n2)cc1. The predicted octanol–water partition coefficient (Wildman–Crippen LogP) is 12.0. The standard InChI is InChI=1S/C43H27NO/c1-3-11-30(12-4-1)39-25-35(26-40(44-39)31-13-5-2-6-14-31)28-19-21-29(22-20-28)37-24-34-17-9-10-18-36(34)42-38-23-32-15-7-8-16-33(32)27-41(38)45-43(37)42/h1-27H. The van der Waals surface area contributed by atoms with E-state index in [4.69, 9.17) is 9.40 Å². The average Bonchev–Trinajstić information content (AvgIpc) is 3.49. The van der Waals surface area contributed by atoms with E-state index >= 15 is 0 Å². The van der Waals surface area contributed by atoms with E-state index in [0.717, 1.165) is 61.3 Å². The molecule has 0 aliphatic carbocycles. The monoisotopic (exact) mass is 573 g/mol. The summed E-state index contributed by atoms with van der Waals surface area (Å²) in [5, 5.41) is 7.13. The lowest BCUT2D eigenvalue weighted by Gasteiger charge is -2.11. The first kappa shape index (κ1) is 25.5. The van der Waals surface area contributed by atoms with Crippen LogP contribution in [-0.2, 0) is 0 Å². The van der Waals surface area contributed by atoms with Crippen molar-refractivity contribution >= 4 is 43.5 Å². The quantitative estimate of drug-likeness (QED) is 0.209. The minimum absolute atomic E-state index is 0.914. The largest absolute Gasteiger partial charge is 0.455 e. The summed E-state index contributed by atoms with van der Waals surface area (Å²) in [4.78, 5) is 5.06. The molecule has 0 aliphatic rings. The van der Waals surface area contributed by atoms with E-state index in [0.29, 0.717) is 0 Å². The molecule has 9 aromatic rings. The first-order chi connectivity index (χ1) is 22.3. The molecule has 0 amide bonds. The van der Waals surface area contributed by atoms with E-state index in [9.17, 15) is 0 Å². The molecule has 0 bridgehead atoms. The molecule has 210 valence electrons. The number of hydrogen-bond acceptors (Lipinski definition) is 2. The second-order valence-electron chi connectivity index (χ2n) is 11.6. The third kappa shape index (κ3) is 4.39. The van der Waals surface area contributed by atoms with E-state index in [1.807, 2.05) is 12.1 Å². The Morgan fingerprint density at radius 1 is 0.378 bits per heavy atom. The molecule has 2 heteroatoms. The van der Waals surface area contributed by atoms with Crippen LogP contribution in [0.4, 0.5) is 0 Å². The van der Waals surface area contributed by atoms with E-state index < -0.39 is 0 Å². The molecule has 9 rings (SSSR count). The van der Waals surface area contributed by atoms with Crippen molar-refractivity contribution < 1.29 is 4.42 Å². The van der Waals surface area contributed by atoms with Crippen LogP contribution in [0.15, 0.2) is 168 Å². The van der Waals surface area contributed by atoms with Crippen LogP contribution in [-0.4, -0.2) is 4.98 Å². The van der Waals surface area contributed by atoms with E-state index in [1.165, 1.54) is 26.9 Å². The van der Waals surface area contributed by atoms with Crippen LogP contribution < -0.4 is 0 Å². The molecule has 0 saturated heterocycles. The fourth-order valence-corrected chi connectivity index (χ4v) is 6.58. The van der Waals surface area contributed by atoms with Gasteiger partial charge in [-0.15, -0.1) is 0 Å². The lowest BCUT2D eigenvalue weighted by molar-refractivity contribution is 0.671. The minimum Gasteiger partial charge on any atom is -0.455 e. The van der Waals surface area contributed by atoms with Crippen molar-refractivity contribution in [3.8, 4) is 44.8 Å². The van der Waals surface area contributed by atoms with Gasteiger partial charge in [-0.25, -0.2) is 4.98 Å². The lowest BCUT2D eigenvalue weighted by Crippen LogP contribution is -1.91. The highest BCUT2D eigenvalue weighted by Crippen LogP contribution is 2.42. The maximum absolute atomic E-state index is 6.69. The molecule has 0 spiro atoms. The van der Waals surface area contributed by atoms with Gasteiger partial charge in [0.25, 0.3) is 0 Å². The molecule has 2 aromatic heterocycles. The van der Waals surface area contributed by atoms with Crippen LogP contribution in [0.2, 0.25) is 0 Å². The normalized spacial score (nSPS) is 11.6. The zero-order chi connectivity index (χ0) is 29.7. The smallest absolute Gasteiger partial charge is 0.143 e. The lowest BCUT2D eigenvalue weighted by atomic mass is 9.94. The number of furan rings is 1. The molecule has 2 nitrogen and oxygen atoms in total.